The highest BCUT2D eigenvalue weighted by Gasteiger charge is 2.06. The van der Waals surface area contributed by atoms with Gasteiger partial charge in [-0.3, -0.25) is 0 Å². The lowest BCUT2D eigenvalue weighted by atomic mass is 9.99. The predicted molar refractivity (Wildman–Crippen MR) is 80.6 cm³/mol. The van der Waals surface area contributed by atoms with E-state index in [0.29, 0.717) is 0 Å². The predicted octanol–water partition coefficient (Wildman–Crippen LogP) is 4.25. The number of aryl methyl sites for hydroxylation is 1. The van der Waals surface area contributed by atoms with Crippen LogP contribution in [0.4, 0.5) is 0 Å². The third-order valence-corrected chi connectivity index (χ3v) is 3.71. The van der Waals surface area contributed by atoms with E-state index in [1.807, 2.05) is 12.1 Å². The van der Waals surface area contributed by atoms with Crippen LogP contribution in [0.1, 0.15) is 29.7 Å². The third-order valence-electron chi connectivity index (χ3n) is 3.18. The van der Waals surface area contributed by atoms with Gasteiger partial charge in [-0.1, -0.05) is 59.3 Å². The summed E-state index contributed by atoms with van der Waals surface area (Å²) in [7, 11) is 0. The summed E-state index contributed by atoms with van der Waals surface area (Å²) in [6.45, 7) is 2.17. The van der Waals surface area contributed by atoms with E-state index in [1.165, 1.54) is 16.7 Å². The van der Waals surface area contributed by atoms with Crippen molar-refractivity contribution in [2.45, 2.75) is 25.8 Å². The molecule has 0 spiro atoms. The zero-order valence-electron chi connectivity index (χ0n) is 10.6. The van der Waals surface area contributed by atoms with Crippen LogP contribution < -0.4 is 5.73 Å². The molecule has 18 heavy (non-hydrogen) atoms. The zero-order chi connectivity index (χ0) is 13.0. The number of rotatable bonds is 4. The molecule has 0 radical (unpaired) electrons. The smallest absolute Gasteiger partial charge is 0.0335 e. The highest BCUT2D eigenvalue weighted by atomic mass is 79.9. The van der Waals surface area contributed by atoms with Gasteiger partial charge in [0.1, 0.15) is 0 Å². The van der Waals surface area contributed by atoms with Gasteiger partial charge in [-0.15, -0.1) is 0 Å². The molecule has 2 heteroatoms. The van der Waals surface area contributed by atoms with Gasteiger partial charge >= 0.3 is 0 Å². The number of benzene rings is 2. The van der Waals surface area contributed by atoms with Crippen molar-refractivity contribution >= 4 is 15.9 Å². The second-order valence-electron chi connectivity index (χ2n) is 4.53. The zero-order valence-corrected chi connectivity index (χ0v) is 12.2. The van der Waals surface area contributed by atoms with Gasteiger partial charge in [0.05, 0.1) is 0 Å². The molecule has 0 aliphatic carbocycles. The van der Waals surface area contributed by atoms with Gasteiger partial charge in [0.15, 0.2) is 0 Å². The molecule has 1 atom stereocenters. The van der Waals surface area contributed by atoms with Crippen LogP contribution in [0.25, 0.3) is 0 Å². The first-order valence-corrected chi connectivity index (χ1v) is 7.07. The van der Waals surface area contributed by atoms with Crippen LogP contribution in [0.2, 0.25) is 0 Å². The summed E-state index contributed by atoms with van der Waals surface area (Å²) in [5, 5.41) is 0. The van der Waals surface area contributed by atoms with Gasteiger partial charge in [0.25, 0.3) is 0 Å². The lowest BCUT2D eigenvalue weighted by molar-refractivity contribution is 0.721. The average Bonchev–Trinajstić information content (AvgIpc) is 2.40. The van der Waals surface area contributed by atoms with E-state index in [1.54, 1.807) is 0 Å². The SMILES string of the molecule is CCc1ccc(CC(N)c2ccc(Br)cc2)cc1. The van der Waals surface area contributed by atoms with Gasteiger partial charge in [-0.05, 0) is 41.7 Å². The molecule has 2 rings (SSSR count). The molecule has 0 fully saturated rings. The Hall–Kier alpha value is -1.12. The summed E-state index contributed by atoms with van der Waals surface area (Å²) in [4.78, 5) is 0. The van der Waals surface area contributed by atoms with E-state index in [2.05, 4.69) is 59.3 Å². The van der Waals surface area contributed by atoms with E-state index in [4.69, 9.17) is 5.73 Å². The minimum Gasteiger partial charge on any atom is -0.324 e. The van der Waals surface area contributed by atoms with Crippen molar-refractivity contribution in [1.29, 1.82) is 0 Å². The average molecular weight is 304 g/mol. The topological polar surface area (TPSA) is 26.0 Å². The fraction of sp³-hybridized carbons (Fsp3) is 0.250. The van der Waals surface area contributed by atoms with Crippen molar-refractivity contribution in [3.63, 3.8) is 0 Å². The van der Waals surface area contributed by atoms with E-state index < -0.39 is 0 Å². The van der Waals surface area contributed by atoms with Crippen molar-refractivity contribution < 1.29 is 0 Å². The van der Waals surface area contributed by atoms with Gasteiger partial charge in [-0.25, -0.2) is 0 Å². The third kappa shape index (κ3) is 3.44. The van der Waals surface area contributed by atoms with Crippen LogP contribution in [0.15, 0.2) is 53.0 Å². The first-order valence-electron chi connectivity index (χ1n) is 6.28. The first-order chi connectivity index (χ1) is 8.69. The monoisotopic (exact) mass is 303 g/mol. The van der Waals surface area contributed by atoms with Crippen molar-refractivity contribution in [2.24, 2.45) is 5.73 Å². The quantitative estimate of drug-likeness (QED) is 0.897. The fourth-order valence-electron chi connectivity index (χ4n) is 1.99. The maximum atomic E-state index is 6.23. The maximum Gasteiger partial charge on any atom is 0.0335 e. The molecule has 2 aromatic carbocycles. The standard InChI is InChI=1S/C16H18BrN/c1-2-12-3-5-13(6-4-12)11-16(18)14-7-9-15(17)10-8-14/h3-10,16H,2,11,18H2,1H3. The molecule has 0 aliphatic heterocycles. The largest absolute Gasteiger partial charge is 0.324 e. The second kappa shape index (κ2) is 6.17. The van der Waals surface area contributed by atoms with E-state index in [0.717, 1.165) is 17.3 Å². The summed E-state index contributed by atoms with van der Waals surface area (Å²) in [6.07, 6.45) is 1.96. The number of hydrogen-bond donors (Lipinski definition) is 1. The van der Waals surface area contributed by atoms with Gasteiger partial charge in [0.2, 0.25) is 0 Å². The summed E-state index contributed by atoms with van der Waals surface area (Å²) in [5.41, 5.74) is 10.1. The van der Waals surface area contributed by atoms with Crippen molar-refractivity contribution in [1.82, 2.24) is 0 Å². The summed E-state index contributed by atoms with van der Waals surface area (Å²) in [6, 6.07) is 17.0. The molecule has 2 aromatic rings. The van der Waals surface area contributed by atoms with Crippen LogP contribution in [-0.2, 0) is 12.8 Å². The minimum absolute atomic E-state index is 0.0607. The highest BCUT2D eigenvalue weighted by molar-refractivity contribution is 9.10. The molecular weight excluding hydrogens is 286 g/mol. The first kappa shape index (κ1) is 13.3. The lowest BCUT2D eigenvalue weighted by Gasteiger charge is -2.12. The highest BCUT2D eigenvalue weighted by Crippen LogP contribution is 2.19. The molecule has 94 valence electrons. The molecule has 0 aromatic heterocycles. The van der Waals surface area contributed by atoms with Gasteiger partial charge in [-0.2, -0.15) is 0 Å². The van der Waals surface area contributed by atoms with Crippen LogP contribution in [0, 0.1) is 0 Å². The number of nitrogens with two attached hydrogens (primary N) is 1. The molecule has 0 amide bonds. The van der Waals surface area contributed by atoms with Gasteiger partial charge < -0.3 is 5.73 Å². The van der Waals surface area contributed by atoms with Crippen molar-refractivity contribution in [3.05, 3.63) is 69.7 Å². The molecule has 0 saturated carbocycles. The van der Waals surface area contributed by atoms with Crippen LogP contribution in [0.5, 0.6) is 0 Å². The summed E-state index contributed by atoms with van der Waals surface area (Å²) < 4.78 is 1.09. The van der Waals surface area contributed by atoms with Crippen molar-refractivity contribution in [3.8, 4) is 0 Å². The number of hydrogen-bond acceptors (Lipinski definition) is 1. The minimum atomic E-state index is 0.0607. The van der Waals surface area contributed by atoms with E-state index in [9.17, 15) is 0 Å². The lowest BCUT2D eigenvalue weighted by Crippen LogP contribution is -2.13. The van der Waals surface area contributed by atoms with E-state index in [-0.39, 0.29) is 6.04 Å². The molecule has 2 N–H and O–H groups in total. The molecule has 0 saturated heterocycles. The van der Waals surface area contributed by atoms with Crippen LogP contribution >= 0.6 is 15.9 Å². The molecule has 1 unspecified atom stereocenters. The van der Waals surface area contributed by atoms with Crippen LogP contribution in [-0.4, -0.2) is 0 Å². The second-order valence-corrected chi connectivity index (χ2v) is 5.45. The molecular formula is C16H18BrN. The Labute approximate surface area is 117 Å². The normalized spacial score (nSPS) is 12.4. The Morgan fingerprint density at radius 3 is 2.06 bits per heavy atom. The Balaban J connectivity index is 2.05. The Morgan fingerprint density at radius 1 is 0.944 bits per heavy atom. The Morgan fingerprint density at radius 2 is 1.50 bits per heavy atom. The maximum absolute atomic E-state index is 6.23. The molecule has 0 aliphatic rings. The molecule has 0 bridgehead atoms. The Bertz CT molecular complexity index is 488. The van der Waals surface area contributed by atoms with Crippen molar-refractivity contribution in [2.75, 3.05) is 0 Å². The summed E-state index contributed by atoms with van der Waals surface area (Å²) >= 11 is 3.44. The van der Waals surface area contributed by atoms with Crippen LogP contribution in [0.3, 0.4) is 0 Å². The van der Waals surface area contributed by atoms with E-state index >= 15 is 0 Å². The Kier molecular flexibility index (Phi) is 4.56. The van der Waals surface area contributed by atoms with Gasteiger partial charge in [0, 0.05) is 10.5 Å². The fourth-order valence-corrected chi connectivity index (χ4v) is 2.26. The molecule has 0 heterocycles. The number of halogens is 1. The molecule has 1 nitrogen and oxygen atoms in total. The summed E-state index contributed by atoms with van der Waals surface area (Å²) in [5.74, 6) is 0.